The van der Waals surface area contributed by atoms with Gasteiger partial charge in [0.25, 0.3) is 0 Å². The zero-order valence-electron chi connectivity index (χ0n) is 7.26. The lowest BCUT2D eigenvalue weighted by molar-refractivity contribution is -0.119. The summed E-state index contributed by atoms with van der Waals surface area (Å²) in [4.78, 5) is 10.5. The molecule has 4 N–H and O–H groups in total. The number of hydrogen-bond acceptors (Lipinski definition) is 3. The number of nitrogen functional groups attached to an aromatic ring is 1. The van der Waals surface area contributed by atoms with Gasteiger partial charge in [0.05, 0.1) is 6.54 Å². The van der Waals surface area contributed by atoms with Crippen LogP contribution in [0.25, 0.3) is 0 Å². The lowest BCUT2D eigenvalue weighted by Crippen LogP contribution is -2.18. The van der Waals surface area contributed by atoms with Crippen LogP contribution < -0.4 is 11.1 Å². The molecule has 13 heavy (non-hydrogen) atoms. The van der Waals surface area contributed by atoms with Crippen LogP contribution in [0.4, 0.5) is 0 Å². The van der Waals surface area contributed by atoms with Crippen molar-refractivity contribution in [3.8, 4) is 0 Å². The zero-order valence-corrected chi connectivity index (χ0v) is 7.26. The highest BCUT2D eigenvalue weighted by Gasteiger charge is 2.03. The molecule has 1 amide bonds. The molecule has 0 bridgehead atoms. The van der Waals surface area contributed by atoms with E-state index in [0.29, 0.717) is 18.1 Å². The molecule has 1 heterocycles. The molecule has 1 aromatic rings. The highest BCUT2D eigenvalue weighted by molar-refractivity contribution is 5.92. The summed E-state index contributed by atoms with van der Waals surface area (Å²) >= 11 is 0. The van der Waals surface area contributed by atoms with Gasteiger partial charge < -0.3 is 15.5 Å². The molecule has 5 heteroatoms. The van der Waals surface area contributed by atoms with Crippen LogP contribution in [0, 0.1) is 5.41 Å². The highest BCUT2D eigenvalue weighted by atomic mass is 16.3. The fourth-order valence-corrected chi connectivity index (χ4v) is 0.829. The van der Waals surface area contributed by atoms with E-state index in [-0.39, 0.29) is 11.7 Å². The third-order valence-corrected chi connectivity index (χ3v) is 1.44. The summed E-state index contributed by atoms with van der Waals surface area (Å²) in [6.45, 7) is 1.75. The Morgan fingerprint density at radius 1 is 1.69 bits per heavy atom. The number of carbonyl (C=O) groups is 1. The Kier molecular flexibility index (Phi) is 2.69. The highest BCUT2D eigenvalue weighted by Crippen LogP contribution is 2.06. The van der Waals surface area contributed by atoms with Crippen LogP contribution in [0.3, 0.4) is 0 Å². The van der Waals surface area contributed by atoms with Gasteiger partial charge in [-0.3, -0.25) is 10.2 Å². The fraction of sp³-hybridized carbons (Fsp3) is 0.250. The van der Waals surface area contributed by atoms with Crippen molar-refractivity contribution < 1.29 is 9.21 Å². The molecule has 0 saturated heterocycles. The van der Waals surface area contributed by atoms with Gasteiger partial charge in [-0.2, -0.15) is 0 Å². The molecule has 0 spiro atoms. The monoisotopic (exact) mass is 181 g/mol. The average molecular weight is 181 g/mol. The molecule has 0 aliphatic heterocycles. The van der Waals surface area contributed by atoms with Gasteiger partial charge in [0.15, 0.2) is 11.6 Å². The number of furan rings is 1. The number of nitrogens with two attached hydrogens (primary N) is 1. The van der Waals surface area contributed by atoms with Gasteiger partial charge in [0, 0.05) is 6.92 Å². The quantitative estimate of drug-likeness (QED) is 0.459. The molecule has 0 aliphatic rings. The maximum atomic E-state index is 10.5. The maximum Gasteiger partial charge on any atom is 0.217 e. The summed E-state index contributed by atoms with van der Waals surface area (Å²) in [7, 11) is 0. The predicted octanol–water partition coefficient (Wildman–Crippen LogP) is 0.200. The van der Waals surface area contributed by atoms with Crippen molar-refractivity contribution >= 4 is 11.7 Å². The molecule has 1 aromatic heterocycles. The predicted molar refractivity (Wildman–Crippen MR) is 47.2 cm³/mol. The fourth-order valence-electron chi connectivity index (χ4n) is 0.829. The van der Waals surface area contributed by atoms with E-state index in [1.54, 1.807) is 12.1 Å². The van der Waals surface area contributed by atoms with Crippen molar-refractivity contribution in [1.82, 2.24) is 5.32 Å². The molecule has 0 aromatic carbocycles. The molecule has 0 saturated carbocycles. The number of hydrogen-bond donors (Lipinski definition) is 3. The minimum atomic E-state index is -0.124. The summed E-state index contributed by atoms with van der Waals surface area (Å²) in [6, 6.07) is 3.27. The van der Waals surface area contributed by atoms with E-state index in [9.17, 15) is 4.79 Å². The Hall–Kier alpha value is -1.78. The summed E-state index contributed by atoms with van der Waals surface area (Å²) < 4.78 is 5.13. The Morgan fingerprint density at radius 3 is 2.85 bits per heavy atom. The summed E-state index contributed by atoms with van der Waals surface area (Å²) in [5, 5.41) is 9.63. The molecule has 0 unspecified atom stereocenters. The molecule has 0 atom stereocenters. The summed E-state index contributed by atoms with van der Waals surface area (Å²) in [5.74, 6) is 0.663. The first-order valence-corrected chi connectivity index (χ1v) is 3.77. The molecular formula is C8H11N3O2. The van der Waals surface area contributed by atoms with E-state index in [2.05, 4.69) is 5.32 Å². The zero-order chi connectivity index (χ0) is 9.84. The molecule has 0 fully saturated rings. The molecule has 0 aliphatic carbocycles. The first-order chi connectivity index (χ1) is 6.09. The molecule has 0 radical (unpaired) electrons. The largest absolute Gasteiger partial charge is 0.456 e. The van der Waals surface area contributed by atoms with Crippen molar-refractivity contribution in [2.45, 2.75) is 13.5 Å². The summed E-state index contributed by atoms with van der Waals surface area (Å²) in [6.07, 6.45) is 0. The molecule has 70 valence electrons. The van der Waals surface area contributed by atoms with Crippen molar-refractivity contribution in [1.29, 1.82) is 5.41 Å². The molecular weight excluding hydrogens is 170 g/mol. The van der Waals surface area contributed by atoms with E-state index in [1.807, 2.05) is 0 Å². The van der Waals surface area contributed by atoms with Crippen molar-refractivity contribution in [3.63, 3.8) is 0 Å². The van der Waals surface area contributed by atoms with E-state index < -0.39 is 0 Å². The van der Waals surface area contributed by atoms with Crippen molar-refractivity contribution in [3.05, 3.63) is 23.7 Å². The summed E-state index contributed by atoms with van der Waals surface area (Å²) in [5.41, 5.74) is 5.19. The standard InChI is InChI=1S/C8H11N3O2/c1-5(12)11-4-6-2-3-7(13-6)8(9)10/h2-3H,4H2,1H3,(H3,9,10)(H,11,12). The van der Waals surface area contributed by atoms with Gasteiger partial charge in [-0.25, -0.2) is 0 Å². The van der Waals surface area contributed by atoms with E-state index in [1.165, 1.54) is 6.92 Å². The van der Waals surface area contributed by atoms with Crippen LogP contribution in [-0.2, 0) is 11.3 Å². The van der Waals surface area contributed by atoms with E-state index >= 15 is 0 Å². The normalized spacial score (nSPS) is 9.62. The second-order valence-corrected chi connectivity index (χ2v) is 2.59. The van der Waals surface area contributed by atoms with Gasteiger partial charge >= 0.3 is 0 Å². The SMILES string of the molecule is CC(=O)NCc1ccc(C(=N)N)o1. The van der Waals surface area contributed by atoms with Gasteiger partial charge in [-0.05, 0) is 12.1 Å². The third-order valence-electron chi connectivity index (χ3n) is 1.44. The first-order valence-electron chi connectivity index (χ1n) is 3.77. The van der Waals surface area contributed by atoms with Crippen LogP contribution in [0.2, 0.25) is 0 Å². The first kappa shape index (κ1) is 9.31. The lowest BCUT2D eigenvalue weighted by Gasteiger charge is -1.97. The van der Waals surface area contributed by atoms with Gasteiger partial charge in [-0.1, -0.05) is 0 Å². The third kappa shape index (κ3) is 2.62. The average Bonchev–Trinajstić information content (AvgIpc) is 2.48. The second-order valence-electron chi connectivity index (χ2n) is 2.59. The minimum absolute atomic E-state index is 0.117. The second kappa shape index (κ2) is 3.75. The number of carbonyl (C=O) groups excluding carboxylic acids is 1. The van der Waals surface area contributed by atoms with Crippen LogP contribution in [-0.4, -0.2) is 11.7 Å². The lowest BCUT2D eigenvalue weighted by atomic mass is 10.4. The van der Waals surface area contributed by atoms with Gasteiger partial charge in [0.1, 0.15) is 5.76 Å². The maximum absolute atomic E-state index is 10.5. The van der Waals surface area contributed by atoms with Crippen LogP contribution in [0.15, 0.2) is 16.5 Å². The number of amidine groups is 1. The Morgan fingerprint density at radius 2 is 2.38 bits per heavy atom. The minimum Gasteiger partial charge on any atom is -0.456 e. The van der Waals surface area contributed by atoms with Crippen LogP contribution >= 0.6 is 0 Å². The van der Waals surface area contributed by atoms with Crippen molar-refractivity contribution in [2.24, 2.45) is 5.73 Å². The van der Waals surface area contributed by atoms with Gasteiger partial charge in [0.2, 0.25) is 5.91 Å². The van der Waals surface area contributed by atoms with Crippen LogP contribution in [0.1, 0.15) is 18.4 Å². The van der Waals surface area contributed by atoms with E-state index in [4.69, 9.17) is 15.6 Å². The molecule has 1 rings (SSSR count). The van der Waals surface area contributed by atoms with E-state index in [0.717, 1.165) is 0 Å². The Bertz CT molecular complexity index is 330. The number of rotatable bonds is 3. The Balaban J connectivity index is 2.59. The molecule has 5 nitrogen and oxygen atoms in total. The smallest absolute Gasteiger partial charge is 0.217 e. The van der Waals surface area contributed by atoms with Crippen LogP contribution in [0.5, 0.6) is 0 Å². The van der Waals surface area contributed by atoms with Crippen molar-refractivity contribution in [2.75, 3.05) is 0 Å². The number of amides is 1. The Labute approximate surface area is 75.4 Å². The van der Waals surface area contributed by atoms with Gasteiger partial charge in [-0.15, -0.1) is 0 Å². The number of nitrogens with one attached hydrogen (secondary N) is 2. The topological polar surface area (TPSA) is 92.1 Å².